The molecule has 20 heavy (non-hydrogen) atoms. The van der Waals surface area contributed by atoms with Crippen molar-refractivity contribution in [3.8, 4) is 0 Å². The molecule has 0 saturated carbocycles. The van der Waals surface area contributed by atoms with Crippen LogP contribution in [0.1, 0.15) is 32.6 Å². The number of likely N-dealkylation sites (N-methyl/N-ethyl adjacent to an activating group) is 1. The van der Waals surface area contributed by atoms with Crippen molar-refractivity contribution >= 4 is 17.9 Å². The van der Waals surface area contributed by atoms with Gasteiger partial charge in [-0.05, 0) is 26.9 Å². The monoisotopic (exact) mass is 287 g/mol. The largest absolute Gasteiger partial charge is 0.481 e. The Morgan fingerprint density at radius 1 is 1.05 bits per heavy atom. The number of urea groups is 1. The van der Waals surface area contributed by atoms with Crippen LogP contribution in [-0.4, -0.2) is 66.5 Å². The van der Waals surface area contributed by atoms with E-state index in [0.29, 0.717) is 13.1 Å². The Hall–Kier alpha value is -1.63. The lowest BCUT2D eigenvalue weighted by Crippen LogP contribution is -2.45. The molecular weight excluding hydrogens is 262 g/mol. The van der Waals surface area contributed by atoms with Gasteiger partial charge in [-0.25, -0.2) is 4.79 Å². The van der Waals surface area contributed by atoms with Crippen LogP contribution in [0.2, 0.25) is 0 Å². The third kappa shape index (κ3) is 9.32. The van der Waals surface area contributed by atoms with E-state index >= 15 is 0 Å². The maximum atomic E-state index is 11.9. The van der Waals surface area contributed by atoms with Crippen molar-refractivity contribution in [1.82, 2.24) is 15.1 Å². The summed E-state index contributed by atoms with van der Waals surface area (Å²) >= 11 is 0. The number of hydrogen-bond donors (Lipinski definition) is 2. The molecule has 116 valence electrons. The van der Waals surface area contributed by atoms with E-state index in [1.165, 1.54) is 0 Å². The molecular formula is C13H25N3O4. The lowest BCUT2D eigenvalue weighted by molar-refractivity contribution is -0.137. The number of carbonyl (C=O) groups is 3. The Morgan fingerprint density at radius 2 is 1.70 bits per heavy atom. The summed E-state index contributed by atoms with van der Waals surface area (Å²) in [5.74, 6) is -1.37. The van der Waals surface area contributed by atoms with Gasteiger partial charge in [0.2, 0.25) is 5.91 Å². The van der Waals surface area contributed by atoms with Gasteiger partial charge in [0.1, 0.15) is 0 Å². The number of carbonyl (C=O) groups excluding carboxylic acids is 2. The minimum absolute atomic E-state index is 0.0473. The quantitative estimate of drug-likeness (QED) is 0.653. The molecule has 7 heteroatoms. The van der Waals surface area contributed by atoms with E-state index in [1.54, 1.807) is 4.90 Å². The summed E-state index contributed by atoms with van der Waals surface area (Å²) in [6.07, 6.45) is 1.03. The lowest BCUT2D eigenvalue weighted by Gasteiger charge is -2.23. The number of hydrogen-bond acceptors (Lipinski definition) is 4. The molecule has 0 aliphatic rings. The number of amides is 3. The van der Waals surface area contributed by atoms with Crippen LogP contribution >= 0.6 is 0 Å². The lowest BCUT2D eigenvalue weighted by atomic mass is 10.2. The predicted molar refractivity (Wildman–Crippen MR) is 75.4 cm³/mol. The molecule has 0 aliphatic carbocycles. The zero-order valence-corrected chi connectivity index (χ0v) is 12.5. The first-order valence-corrected chi connectivity index (χ1v) is 6.82. The van der Waals surface area contributed by atoms with Crippen molar-refractivity contribution in [2.75, 3.05) is 33.7 Å². The average molecular weight is 287 g/mol. The third-order valence-electron chi connectivity index (χ3n) is 2.64. The Labute approximate surface area is 119 Å². The number of rotatable bonds is 9. The fourth-order valence-electron chi connectivity index (χ4n) is 1.57. The Bertz CT molecular complexity index is 332. The smallest absolute Gasteiger partial charge is 0.324 e. The first-order valence-electron chi connectivity index (χ1n) is 6.82. The fraction of sp³-hybridized carbons (Fsp3) is 0.769. The summed E-state index contributed by atoms with van der Waals surface area (Å²) in [4.78, 5) is 37.3. The van der Waals surface area contributed by atoms with E-state index < -0.39 is 17.9 Å². The Kier molecular flexibility index (Phi) is 9.36. The molecule has 3 amide bonds. The van der Waals surface area contributed by atoms with Crippen molar-refractivity contribution in [3.63, 3.8) is 0 Å². The number of carboxylic acids is 1. The van der Waals surface area contributed by atoms with E-state index in [-0.39, 0.29) is 19.3 Å². The van der Waals surface area contributed by atoms with Crippen LogP contribution in [0.5, 0.6) is 0 Å². The van der Waals surface area contributed by atoms with Gasteiger partial charge in [0.25, 0.3) is 0 Å². The summed E-state index contributed by atoms with van der Waals surface area (Å²) in [6.45, 7) is 3.82. The second-order valence-electron chi connectivity index (χ2n) is 4.89. The standard InChI is InChI=1S/C13H25N3O4/c1-4-8-16(10-9-15(2)3)13(20)14-11(17)6-5-7-12(18)19/h4-10H2,1-3H3,(H,18,19)(H,14,17,20). The molecule has 0 aliphatic heterocycles. The number of carboxylic acid groups (broad SMARTS) is 1. The van der Waals surface area contributed by atoms with Crippen LogP contribution < -0.4 is 5.32 Å². The van der Waals surface area contributed by atoms with Gasteiger partial charge in [-0.3, -0.25) is 14.9 Å². The van der Waals surface area contributed by atoms with Gasteiger partial charge in [-0.1, -0.05) is 6.92 Å². The highest BCUT2D eigenvalue weighted by Crippen LogP contribution is 1.98. The van der Waals surface area contributed by atoms with Crippen molar-refractivity contribution in [2.24, 2.45) is 0 Å². The van der Waals surface area contributed by atoms with Gasteiger partial charge in [0, 0.05) is 32.5 Å². The second-order valence-corrected chi connectivity index (χ2v) is 4.89. The van der Waals surface area contributed by atoms with Gasteiger partial charge < -0.3 is 14.9 Å². The molecule has 7 nitrogen and oxygen atoms in total. The molecule has 0 aromatic carbocycles. The molecule has 0 unspecified atom stereocenters. The van der Waals surface area contributed by atoms with Crippen LogP contribution in [0, 0.1) is 0 Å². The summed E-state index contributed by atoms with van der Waals surface area (Å²) in [5.41, 5.74) is 0. The zero-order chi connectivity index (χ0) is 15.5. The van der Waals surface area contributed by atoms with Crippen LogP contribution in [-0.2, 0) is 9.59 Å². The molecule has 0 atom stereocenters. The normalized spacial score (nSPS) is 10.4. The van der Waals surface area contributed by atoms with Crippen molar-refractivity contribution in [2.45, 2.75) is 32.6 Å². The number of nitrogens with zero attached hydrogens (tertiary/aromatic N) is 2. The molecule has 0 aromatic rings. The summed E-state index contributed by atoms with van der Waals surface area (Å²) in [7, 11) is 3.83. The van der Waals surface area contributed by atoms with Crippen LogP contribution in [0.4, 0.5) is 4.79 Å². The van der Waals surface area contributed by atoms with Crippen molar-refractivity contribution in [3.05, 3.63) is 0 Å². The van der Waals surface area contributed by atoms with Gasteiger partial charge in [-0.15, -0.1) is 0 Å². The molecule has 0 fully saturated rings. The van der Waals surface area contributed by atoms with E-state index in [4.69, 9.17) is 5.11 Å². The number of nitrogens with one attached hydrogen (secondary N) is 1. The molecule has 0 radical (unpaired) electrons. The highest BCUT2D eigenvalue weighted by atomic mass is 16.4. The van der Waals surface area contributed by atoms with E-state index in [9.17, 15) is 14.4 Å². The van der Waals surface area contributed by atoms with Crippen molar-refractivity contribution in [1.29, 1.82) is 0 Å². The van der Waals surface area contributed by atoms with Gasteiger partial charge in [0.05, 0.1) is 0 Å². The fourth-order valence-corrected chi connectivity index (χ4v) is 1.57. The Balaban J connectivity index is 4.16. The van der Waals surface area contributed by atoms with Gasteiger partial charge in [0.15, 0.2) is 0 Å². The highest BCUT2D eigenvalue weighted by molar-refractivity contribution is 5.94. The van der Waals surface area contributed by atoms with E-state index in [2.05, 4.69) is 5.32 Å². The van der Waals surface area contributed by atoms with Gasteiger partial charge in [-0.2, -0.15) is 0 Å². The molecule has 0 saturated heterocycles. The molecule has 0 aromatic heterocycles. The Morgan fingerprint density at radius 3 is 2.20 bits per heavy atom. The van der Waals surface area contributed by atoms with Gasteiger partial charge >= 0.3 is 12.0 Å². The molecule has 0 rings (SSSR count). The summed E-state index contributed by atoms with van der Waals surface area (Å²) < 4.78 is 0. The predicted octanol–water partition coefficient (Wildman–Crippen LogP) is 0.751. The number of aliphatic carboxylic acids is 1. The molecule has 0 bridgehead atoms. The van der Waals surface area contributed by atoms with Crippen LogP contribution in [0.3, 0.4) is 0 Å². The first-order chi connectivity index (χ1) is 9.36. The average Bonchev–Trinajstić information content (AvgIpc) is 2.33. The molecule has 2 N–H and O–H groups in total. The number of imide groups is 1. The summed E-state index contributed by atoms with van der Waals surface area (Å²) in [6, 6.07) is -0.408. The second kappa shape index (κ2) is 10.2. The van der Waals surface area contributed by atoms with E-state index in [0.717, 1.165) is 13.0 Å². The van der Waals surface area contributed by atoms with E-state index in [1.807, 2.05) is 25.9 Å². The molecule has 0 heterocycles. The first kappa shape index (κ1) is 18.4. The third-order valence-corrected chi connectivity index (χ3v) is 2.64. The molecule has 0 spiro atoms. The maximum absolute atomic E-state index is 11.9. The minimum atomic E-state index is -0.942. The SMILES string of the molecule is CCCN(CCN(C)C)C(=O)NC(=O)CCCC(=O)O. The maximum Gasteiger partial charge on any atom is 0.324 e. The summed E-state index contributed by atoms with van der Waals surface area (Å²) in [5, 5.41) is 10.8. The van der Waals surface area contributed by atoms with Crippen LogP contribution in [0.25, 0.3) is 0 Å². The highest BCUT2D eigenvalue weighted by Gasteiger charge is 2.15. The van der Waals surface area contributed by atoms with Crippen LogP contribution in [0.15, 0.2) is 0 Å². The minimum Gasteiger partial charge on any atom is -0.481 e. The topological polar surface area (TPSA) is 90.0 Å². The van der Waals surface area contributed by atoms with Crippen molar-refractivity contribution < 1.29 is 19.5 Å². The zero-order valence-electron chi connectivity index (χ0n) is 12.5.